The number of rotatable bonds is 4. The molecule has 1 heterocycles. The summed E-state index contributed by atoms with van der Waals surface area (Å²) in [5.41, 5.74) is 2.39. The molecule has 6 nitrogen and oxygen atoms in total. The van der Waals surface area contributed by atoms with Crippen LogP contribution in [0, 0.1) is 5.92 Å². The minimum absolute atomic E-state index is 0.0228. The Hall–Kier alpha value is -2.18. The molecule has 0 aromatic heterocycles. The van der Waals surface area contributed by atoms with E-state index in [4.69, 9.17) is 14.6 Å². The Kier molecular flexibility index (Phi) is 6.94. The van der Waals surface area contributed by atoms with Crippen LogP contribution in [0.1, 0.15) is 33.1 Å². The van der Waals surface area contributed by atoms with Crippen LogP contribution in [-0.2, 0) is 19.1 Å². The molecule has 6 heteroatoms. The van der Waals surface area contributed by atoms with Crippen LogP contribution in [0.4, 0.5) is 0 Å². The van der Waals surface area contributed by atoms with Gasteiger partial charge in [-0.2, -0.15) is 0 Å². The van der Waals surface area contributed by atoms with Gasteiger partial charge in [0.2, 0.25) is 0 Å². The first kappa shape index (κ1) is 20.1. The van der Waals surface area contributed by atoms with Crippen molar-refractivity contribution in [2.24, 2.45) is 5.92 Å². The molecule has 2 N–H and O–H groups in total. The van der Waals surface area contributed by atoms with Crippen molar-refractivity contribution in [3.63, 3.8) is 0 Å². The SMILES string of the molecule is C=C1C(=O)O[C@@H]2/C=C(\C)CC/C=C(/C)C[C@@H](OC(=O)/C(=C/CO)CO)[C@@H]12. The summed E-state index contributed by atoms with van der Waals surface area (Å²) in [4.78, 5) is 24.4. The minimum Gasteiger partial charge on any atom is -0.458 e. The lowest BCUT2D eigenvalue weighted by atomic mass is 9.85. The van der Waals surface area contributed by atoms with Crippen LogP contribution < -0.4 is 0 Å². The van der Waals surface area contributed by atoms with Gasteiger partial charge in [0.1, 0.15) is 12.2 Å². The van der Waals surface area contributed by atoms with Gasteiger partial charge in [0.15, 0.2) is 0 Å². The molecular weight excluding hydrogens is 336 g/mol. The molecule has 0 unspecified atom stereocenters. The van der Waals surface area contributed by atoms with E-state index in [1.807, 2.05) is 19.9 Å². The van der Waals surface area contributed by atoms with Gasteiger partial charge >= 0.3 is 11.9 Å². The third-order valence-corrected chi connectivity index (χ3v) is 4.69. The predicted octanol–water partition coefficient (Wildman–Crippen LogP) is 1.98. The summed E-state index contributed by atoms with van der Waals surface area (Å²) in [7, 11) is 0. The maximum Gasteiger partial charge on any atom is 0.336 e. The summed E-state index contributed by atoms with van der Waals surface area (Å²) >= 11 is 0. The van der Waals surface area contributed by atoms with E-state index in [2.05, 4.69) is 12.7 Å². The molecule has 0 radical (unpaired) electrons. The topological polar surface area (TPSA) is 93.1 Å². The van der Waals surface area contributed by atoms with Crippen molar-refractivity contribution in [2.75, 3.05) is 13.2 Å². The Morgan fingerprint density at radius 2 is 2.12 bits per heavy atom. The second-order valence-electron chi connectivity index (χ2n) is 6.74. The van der Waals surface area contributed by atoms with E-state index < -0.39 is 36.7 Å². The molecule has 0 spiro atoms. The van der Waals surface area contributed by atoms with E-state index >= 15 is 0 Å². The normalized spacial score (nSPS) is 31.2. The van der Waals surface area contributed by atoms with Gasteiger partial charge in [0.05, 0.1) is 24.7 Å². The highest BCUT2D eigenvalue weighted by atomic mass is 16.6. The number of carbonyl (C=O) groups excluding carboxylic acids is 2. The van der Waals surface area contributed by atoms with Gasteiger partial charge in [-0.25, -0.2) is 9.59 Å². The maximum absolute atomic E-state index is 12.4. The average Bonchev–Trinajstić information content (AvgIpc) is 2.85. The van der Waals surface area contributed by atoms with E-state index in [1.54, 1.807) is 0 Å². The first-order valence-electron chi connectivity index (χ1n) is 8.71. The molecule has 0 aromatic rings. The third-order valence-electron chi connectivity index (χ3n) is 4.69. The molecule has 0 saturated carbocycles. The second kappa shape index (κ2) is 8.96. The molecule has 1 fully saturated rings. The molecule has 3 atom stereocenters. The Morgan fingerprint density at radius 1 is 1.38 bits per heavy atom. The fourth-order valence-electron chi connectivity index (χ4n) is 3.27. The Bertz CT molecular complexity index is 670. The van der Waals surface area contributed by atoms with Gasteiger partial charge in [0.25, 0.3) is 0 Å². The quantitative estimate of drug-likeness (QED) is 0.451. The molecule has 1 aliphatic carbocycles. The molecule has 1 aliphatic heterocycles. The Balaban J connectivity index is 2.36. The number of esters is 2. The van der Waals surface area contributed by atoms with Gasteiger partial charge in [-0.15, -0.1) is 0 Å². The molecule has 1 saturated heterocycles. The van der Waals surface area contributed by atoms with Gasteiger partial charge in [-0.3, -0.25) is 0 Å². The van der Waals surface area contributed by atoms with Crippen molar-refractivity contribution in [1.29, 1.82) is 0 Å². The summed E-state index contributed by atoms with van der Waals surface area (Å²) in [5.74, 6) is -1.70. The number of hydrogen-bond acceptors (Lipinski definition) is 6. The van der Waals surface area contributed by atoms with Gasteiger partial charge in [-0.1, -0.05) is 23.8 Å². The van der Waals surface area contributed by atoms with E-state index in [9.17, 15) is 14.7 Å². The van der Waals surface area contributed by atoms with Crippen molar-refractivity contribution in [3.8, 4) is 0 Å². The number of allylic oxidation sites excluding steroid dienone is 2. The second-order valence-corrected chi connectivity index (χ2v) is 6.74. The fourth-order valence-corrected chi connectivity index (χ4v) is 3.27. The highest BCUT2D eigenvalue weighted by molar-refractivity contribution is 5.92. The molecule has 26 heavy (non-hydrogen) atoms. The monoisotopic (exact) mass is 362 g/mol. The van der Waals surface area contributed by atoms with Crippen molar-refractivity contribution in [1.82, 2.24) is 0 Å². The summed E-state index contributed by atoms with van der Waals surface area (Å²) < 4.78 is 11.1. The van der Waals surface area contributed by atoms with Crippen LogP contribution in [0.25, 0.3) is 0 Å². The summed E-state index contributed by atoms with van der Waals surface area (Å²) in [5, 5.41) is 18.3. The fraction of sp³-hybridized carbons (Fsp3) is 0.500. The lowest BCUT2D eigenvalue weighted by Crippen LogP contribution is -2.34. The summed E-state index contributed by atoms with van der Waals surface area (Å²) in [6.45, 7) is 6.85. The van der Waals surface area contributed by atoms with Crippen LogP contribution >= 0.6 is 0 Å². The summed E-state index contributed by atoms with van der Waals surface area (Å²) in [6.07, 6.45) is 6.17. The lowest BCUT2D eigenvalue weighted by molar-refractivity contribution is -0.147. The highest BCUT2D eigenvalue weighted by Gasteiger charge is 2.44. The van der Waals surface area contributed by atoms with Crippen LogP contribution in [-0.4, -0.2) is 47.6 Å². The molecule has 2 aliphatic rings. The third kappa shape index (κ3) is 4.71. The molecular formula is C20H26O6. The smallest absolute Gasteiger partial charge is 0.336 e. The van der Waals surface area contributed by atoms with E-state index in [-0.39, 0.29) is 17.8 Å². The Morgan fingerprint density at radius 3 is 2.77 bits per heavy atom. The average molecular weight is 362 g/mol. The molecule has 2 rings (SSSR count). The molecule has 0 bridgehead atoms. The number of ether oxygens (including phenoxy) is 2. The molecule has 0 aromatic carbocycles. The first-order chi connectivity index (χ1) is 12.4. The zero-order chi connectivity index (χ0) is 19.3. The first-order valence-corrected chi connectivity index (χ1v) is 8.71. The standard InChI is InChI=1S/C20H26O6/c1-12-5-4-6-13(2)10-17(26-20(24)15(11-22)7-8-21)18-14(3)19(23)25-16(18)9-12/h6-7,9,16-18,21-22H,3-5,8,10-11H2,1-2H3/b12-9+,13-6-,15-7+/t16-,17-,18+/m1/s1. The molecule has 142 valence electrons. The van der Waals surface area contributed by atoms with Crippen LogP contribution in [0.2, 0.25) is 0 Å². The largest absolute Gasteiger partial charge is 0.458 e. The number of fused-ring (bicyclic) bond motifs is 1. The van der Waals surface area contributed by atoms with Crippen LogP contribution in [0.5, 0.6) is 0 Å². The predicted molar refractivity (Wildman–Crippen MR) is 96.0 cm³/mol. The Labute approximate surface area is 153 Å². The number of carbonyl (C=O) groups is 2. The number of aliphatic hydroxyl groups excluding tert-OH is 2. The maximum atomic E-state index is 12.4. The van der Waals surface area contributed by atoms with Crippen molar-refractivity contribution >= 4 is 11.9 Å². The zero-order valence-electron chi connectivity index (χ0n) is 15.2. The van der Waals surface area contributed by atoms with E-state index in [1.165, 1.54) is 6.08 Å². The molecule has 0 amide bonds. The van der Waals surface area contributed by atoms with Crippen molar-refractivity contribution in [2.45, 2.75) is 45.3 Å². The zero-order valence-corrected chi connectivity index (χ0v) is 15.2. The highest BCUT2D eigenvalue weighted by Crippen LogP contribution is 2.36. The van der Waals surface area contributed by atoms with E-state index in [0.717, 1.165) is 24.0 Å². The van der Waals surface area contributed by atoms with Crippen molar-refractivity contribution < 1.29 is 29.3 Å². The lowest BCUT2D eigenvalue weighted by Gasteiger charge is -2.27. The van der Waals surface area contributed by atoms with Crippen LogP contribution in [0.3, 0.4) is 0 Å². The van der Waals surface area contributed by atoms with Gasteiger partial charge in [0, 0.05) is 12.0 Å². The van der Waals surface area contributed by atoms with Crippen molar-refractivity contribution in [3.05, 3.63) is 47.1 Å². The van der Waals surface area contributed by atoms with Crippen LogP contribution in [0.15, 0.2) is 47.1 Å². The summed E-state index contributed by atoms with van der Waals surface area (Å²) in [6, 6.07) is 0. The number of aliphatic hydroxyl groups is 2. The minimum atomic E-state index is -0.719. The van der Waals surface area contributed by atoms with E-state index in [0.29, 0.717) is 6.42 Å². The number of hydrogen-bond donors (Lipinski definition) is 2. The van der Waals surface area contributed by atoms with Gasteiger partial charge in [-0.05, 0) is 38.8 Å². The van der Waals surface area contributed by atoms with Gasteiger partial charge < -0.3 is 19.7 Å².